The van der Waals surface area contributed by atoms with E-state index >= 15 is 0 Å². The van der Waals surface area contributed by atoms with E-state index in [9.17, 15) is 9.18 Å². The van der Waals surface area contributed by atoms with Gasteiger partial charge in [0.15, 0.2) is 0 Å². The van der Waals surface area contributed by atoms with E-state index in [0.29, 0.717) is 17.0 Å². The van der Waals surface area contributed by atoms with Crippen molar-refractivity contribution >= 4 is 5.91 Å². The van der Waals surface area contributed by atoms with Gasteiger partial charge in [-0.1, -0.05) is 49.4 Å². The molecule has 0 radical (unpaired) electrons. The maximum atomic E-state index is 13.4. The Kier molecular flexibility index (Phi) is 5.66. The van der Waals surface area contributed by atoms with E-state index in [2.05, 4.69) is 22.4 Å². The molecule has 0 saturated carbocycles. The highest BCUT2D eigenvalue weighted by atomic mass is 19.1. The Morgan fingerprint density at radius 2 is 1.67 bits per heavy atom. The fraction of sp³-hybridized carbons (Fsp3) is 0.125. The van der Waals surface area contributed by atoms with Gasteiger partial charge >= 0.3 is 0 Å². The Morgan fingerprint density at radius 1 is 0.967 bits per heavy atom. The van der Waals surface area contributed by atoms with Gasteiger partial charge in [-0.2, -0.15) is 0 Å². The first-order chi connectivity index (χ1) is 14.6. The molecule has 0 aliphatic heterocycles. The highest BCUT2D eigenvalue weighted by Crippen LogP contribution is 2.25. The maximum Gasteiger partial charge on any atom is 0.252 e. The van der Waals surface area contributed by atoms with Gasteiger partial charge in [0.1, 0.15) is 11.9 Å². The van der Waals surface area contributed by atoms with Crippen LogP contribution in [0.15, 0.2) is 83.3 Å². The lowest BCUT2D eigenvalue weighted by atomic mass is 10.1. The molecule has 1 aromatic heterocycles. The molecular weight excluding hydrogens is 381 g/mol. The summed E-state index contributed by atoms with van der Waals surface area (Å²) >= 11 is 0. The van der Waals surface area contributed by atoms with E-state index in [1.54, 1.807) is 24.3 Å². The minimum absolute atomic E-state index is 0.221. The summed E-state index contributed by atoms with van der Waals surface area (Å²) < 4.78 is 19.3. The number of halogens is 1. The predicted molar refractivity (Wildman–Crippen MR) is 111 cm³/mol. The van der Waals surface area contributed by atoms with Gasteiger partial charge in [0.05, 0.1) is 0 Å². The Balaban J connectivity index is 1.65. The quantitative estimate of drug-likeness (QED) is 0.496. The van der Waals surface area contributed by atoms with Gasteiger partial charge < -0.3 is 9.73 Å². The summed E-state index contributed by atoms with van der Waals surface area (Å²) in [5.41, 5.74) is 3.07. The van der Waals surface area contributed by atoms with Crippen molar-refractivity contribution in [1.82, 2.24) is 15.5 Å². The van der Waals surface area contributed by atoms with Crippen molar-refractivity contribution in [3.63, 3.8) is 0 Å². The second kappa shape index (κ2) is 8.69. The van der Waals surface area contributed by atoms with Gasteiger partial charge in [0.2, 0.25) is 11.8 Å². The number of rotatable bonds is 6. The van der Waals surface area contributed by atoms with Crippen LogP contribution in [-0.2, 0) is 6.42 Å². The van der Waals surface area contributed by atoms with E-state index in [-0.39, 0.29) is 17.6 Å². The van der Waals surface area contributed by atoms with Crippen molar-refractivity contribution in [2.24, 2.45) is 0 Å². The minimum atomic E-state index is -0.714. The summed E-state index contributed by atoms with van der Waals surface area (Å²) in [7, 11) is 0. The third kappa shape index (κ3) is 4.27. The molecule has 3 aromatic carbocycles. The average molecular weight is 401 g/mol. The van der Waals surface area contributed by atoms with Crippen molar-refractivity contribution in [2.75, 3.05) is 0 Å². The number of nitrogens with one attached hydrogen (secondary N) is 1. The summed E-state index contributed by atoms with van der Waals surface area (Å²) in [6.07, 6.45) is 0.893. The molecule has 1 atom stereocenters. The first-order valence-corrected chi connectivity index (χ1v) is 9.68. The summed E-state index contributed by atoms with van der Waals surface area (Å²) in [5, 5.41) is 11.2. The van der Waals surface area contributed by atoms with Gasteiger partial charge in [-0.15, -0.1) is 10.2 Å². The van der Waals surface area contributed by atoms with Crippen LogP contribution >= 0.6 is 0 Å². The standard InChI is InChI=1S/C24H20FN3O2/c1-2-16-8-10-18(11-9-16)22(29)26-21(17-12-14-20(25)15-13-17)24-28-27-23(30-24)19-6-4-3-5-7-19/h3-15,21H,2H2,1H3,(H,26,29). The van der Waals surface area contributed by atoms with Crippen molar-refractivity contribution < 1.29 is 13.6 Å². The fourth-order valence-electron chi connectivity index (χ4n) is 3.10. The Morgan fingerprint density at radius 3 is 2.33 bits per heavy atom. The first kappa shape index (κ1) is 19.5. The molecule has 150 valence electrons. The molecule has 0 bridgehead atoms. The topological polar surface area (TPSA) is 68.0 Å². The molecule has 1 heterocycles. The van der Waals surface area contributed by atoms with E-state index in [4.69, 9.17) is 4.42 Å². The second-order valence-corrected chi connectivity index (χ2v) is 6.82. The van der Waals surface area contributed by atoms with Gasteiger partial charge in [0.25, 0.3) is 5.91 Å². The normalized spacial score (nSPS) is 11.8. The van der Waals surface area contributed by atoms with Crippen LogP contribution in [0.3, 0.4) is 0 Å². The lowest BCUT2D eigenvalue weighted by Crippen LogP contribution is -2.29. The second-order valence-electron chi connectivity index (χ2n) is 6.82. The number of carbonyl (C=O) groups excluding carboxylic acids is 1. The van der Waals surface area contributed by atoms with Crippen LogP contribution in [0.2, 0.25) is 0 Å². The zero-order valence-electron chi connectivity index (χ0n) is 16.4. The summed E-state index contributed by atoms with van der Waals surface area (Å²) in [5.74, 6) is -0.0841. The van der Waals surface area contributed by atoms with Crippen LogP contribution < -0.4 is 5.32 Å². The Bertz CT molecular complexity index is 1120. The smallest absolute Gasteiger partial charge is 0.252 e. The molecular formula is C24H20FN3O2. The van der Waals surface area contributed by atoms with Gasteiger partial charge in [-0.25, -0.2) is 4.39 Å². The van der Waals surface area contributed by atoms with E-state index < -0.39 is 6.04 Å². The molecule has 0 saturated heterocycles. The van der Waals surface area contributed by atoms with Gasteiger partial charge in [-0.3, -0.25) is 4.79 Å². The number of aromatic nitrogens is 2. The van der Waals surface area contributed by atoms with Crippen molar-refractivity contribution in [3.05, 3.63) is 107 Å². The molecule has 6 heteroatoms. The third-order valence-electron chi connectivity index (χ3n) is 4.81. The number of aryl methyl sites for hydroxylation is 1. The Hall–Kier alpha value is -3.80. The first-order valence-electron chi connectivity index (χ1n) is 9.68. The summed E-state index contributed by atoms with van der Waals surface area (Å²) in [6, 6.07) is 21.9. The number of nitrogens with zero attached hydrogens (tertiary/aromatic N) is 2. The molecule has 4 aromatic rings. The third-order valence-corrected chi connectivity index (χ3v) is 4.81. The SMILES string of the molecule is CCc1ccc(C(=O)NC(c2ccc(F)cc2)c2nnc(-c3ccccc3)o2)cc1. The molecule has 5 nitrogen and oxygen atoms in total. The number of hydrogen-bond acceptors (Lipinski definition) is 4. The van der Waals surface area contributed by atoms with Crippen molar-refractivity contribution in [2.45, 2.75) is 19.4 Å². The number of amides is 1. The van der Waals surface area contributed by atoms with E-state index in [1.807, 2.05) is 42.5 Å². The van der Waals surface area contributed by atoms with Crippen LogP contribution in [0.4, 0.5) is 4.39 Å². The van der Waals surface area contributed by atoms with E-state index in [0.717, 1.165) is 17.5 Å². The van der Waals surface area contributed by atoms with E-state index in [1.165, 1.54) is 12.1 Å². The summed E-state index contributed by atoms with van der Waals surface area (Å²) in [6.45, 7) is 2.06. The molecule has 1 N–H and O–H groups in total. The number of carbonyl (C=O) groups is 1. The predicted octanol–water partition coefficient (Wildman–Crippen LogP) is 4.96. The van der Waals surface area contributed by atoms with Crippen molar-refractivity contribution in [3.8, 4) is 11.5 Å². The van der Waals surface area contributed by atoms with Crippen LogP contribution in [-0.4, -0.2) is 16.1 Å². The number of benzene rings is 3. The fourth-order valence-corrected chi connectivity index (χ4v) is 3.10. The number of hydrogen-bond donors (Lipinski definition) is 1. The molecule has 0 fully saturated rings. The van der Waals surface area contributed by atoms with Crippen LogP contribution in [0.1, 0.15) is 40.3 Å². The summed E-state index contributed by atoms with van der Waals surface area (Å²) in [4.78, 5) is 12.9. The van der Waals surface area contributed by atoms with Crippen LogP contribution in [0, 0.1) is 5.82 Å². The molecule has 30 heavy (non-hydrogen) atoms. The van der Waals surface area contributed by atoms with Crippen molar-refractivity contribution in [1.29, 1.82) is 0 Å². The highest BCUT2D eigenvalue weighted by molar-refractivity contribution is 5.94. The largest absolute Gasteiger partial charge is 0.418 e. The van der Waals surface area contributed by atoms with Gasteiger partial charge in [-0.05, 0) is 53.9 Å². The van der Waals surface area contributed by atoms with Gasteiger partial charge in [0, 0.05) is 11.1 Å². The minimum Gasteiger partial charge on any atom is -0.418 e. The monoisotopic (exact) mass is 401 g/mol. The zero-order valence-corrected chi connectivity index (χ0v) is 16.4. The maximum absolute atomic E-state index is 13.4. The molecule has 1 amide bonds. The zero-order chi connectivity index (χ0) is 20.9. The Labute approximate surface area is 173 Å². The lowest BCUT2D eigenvalue weighted by Gasteiger charge is -2.16. The molecule has 0 spiro atoms. The molecule has 4 rings (SSSR count). The van der Waals surface area contributed by atoms with Crippen LogP contribution in [0.25, 0.3) is 11.5 Å². The molecule has 0 aliphatic carbocycles. The lowest BCUT2D eigenvalue weighted by molar-refractivity contribution is 0.0938. The molecule has 1 unspecified atom stereocenters. The molecule has 0 aliphatic rings. The average Bonchev–Trinajstić information content (AvgIpc) is 3.29. The highest BCUT2D eigenvalue weighted by Gasteiger charge is 2.24. The van der Waals surface area contributed by atoms with Crippen LogP contribution in [0.5, 0.6) is 0 Å².